The summed E-state index contributed by atoms with van der Waals surface area (Å²) in [6.45, 7) is 5.02. The van der Waals surface area contributed by atoms with Crippen molar-refractivity contribution >= 4 is 5.82 Å². The highest BCUT2D eigenvalue weighted by Crippen LogP contribution is 2.21. The number of nitrogens with one attached hydrogen (secondary N) is 1. The Labute approximate surface area is 118 Å². The van der Waals surface area contributed by atoms with Crippen molar-refractivity contribution in [3.8, 4) is 5.75 Å². The molecular weight excluding hydrogens is 255 g/mol. The predicted octanol–water partition coefficient (Wildman–Crippen LogP) is 3.93. The van der Waals surface area contributed by atoms with Crippen molar-refractivity contribution in [2.75, 3.05) is 11.9 Å². The highest BCUT2D eigenvalue weighted by molar-refractivity contribution is 5.37. The number of halogens is 1. The topological polar surface area (TPSA) is 34.1 Å². The normalized spacial score (nSPS) is 10.3. The molecule has 1 N–H and O–H groups in total. The molecule has 0 spiro atoms. The summed E-state index contributed by atoms with van der Waals surface area (Å²) in [6.07, 6.45) is 2.76. The van der Waals surface area contributed by atoms with Gasteiger partial charge < -0.3 is 10.1 Å². The van der Waals surface area contributed by atoms with Crippen molar-refractivity contribution in [3.63, 3.8) is 0 Å². The fraction of sp³-hybridized carbons (Fsp3) is 0.312. The number of hydrogen-bond acceptors (Lipinski definition) is 3. The third-order valence-electron chi connectivity index (χ3n) is 2.93. The van der Waals surface area contributed by atoms with Crippen LogP contribution < -0.4 is 10.1 Å². The van der Waals surface area contributed by atoms with Crippen molar-refractivity contribution in [2.24, 2.45) is 0 Å². The molecule has 2 aromatic rings. The van der Waals surface area contributed by atoms with Crippen LogP contribution in [0.1, 0.15) is 24.5 Å². The van der Waals surface area contributed by atoms with Gasteiger partial charge in [-0.25, -0.2) is 9.37 Å². The van der Waals surface area contributed by atoms with E-state index in [0.717, 1.165) is 24.3 Å². The zero-order valence-electron chi connectivity index (χ0n) is 11.8. The Morgan fingerprint density at radius 2 is 2.15 bits per heavy atom. The van der Waals surface area contributed by atoms with E-state index in [1.807, 2.05) is 12.1 Å². The Bertz CT molecular complexity index is 572. The number of benzene rings is 1. The van der Waals surface area contributed by atoms with E-state index in [9.17, 15) is 4.39 Å². The number of hydrogen-bond donors (Lipinski definition) is 1. The molecule has 0 aliphatic rings. The van der Waals surface area contributed by atoms with Crippen LogP contribution in [0.15, 0.2) is 36.5 Å². The maximum atomic E-state index is 13.8. The third-order valence-corrected chi connectivity index (χ3v) is 2.93. The Balaban J connectivity index is 2.01. The fourth-order valence-electron chi connectivity index (χ4n) is 1.81. The van der Waals surface area contributed by atoms with Gasteiger partial charge >= 0.3 is 0 Å². The lowest BCUT2D eigenvalue weighted by molar-refractivity contribution is 0.289. The second-order valence-electron chi connectivity index (χ2n) is 4.65. The lowest BCUT2D eigenvalue weighted by Crippen LogP contribution is -2.04. The number of aromatic nitrogens is 1. The third kappa shape index (κ3) is 3.70. The van der Waals surface area contributed by atoms with Crippen molar-refractivity contribution in [1.29, 1.82) is 0 Å². The first-order chi connectivity index (χ1) is 9.70. The molecule has 0 saturated heterocycles. The fourth-order valence-corrected chi connectivity index (χ4v) is 1.81. The van der Waals surface area contributed by atoms with E-state index < -0.39 is 0 Å². The molecule has 20 heavy (non-hydrogen) atoms. The molecule has 1 heterocycles. The number of aryl methyl sites for hydroxylation is 1. The standard InChI is InChI=1S/C16H19FN2O/c1-3-8-18-15-10-13(7-9-19-15)11-20-14-6-4-5-12(2)16(14)17/h4-7,9-10H,3,8,11H2,1-2H3,(H,18,19). The van der Waals surface area contributed by atoms with Gasteiger partial charge in [0.1, 0.15) is 12.4 Å². The van der Waals surface area contributed by atoms with Gasteiger partial charge in [0.05, 0.1) is 0 Å². The van der Waals surface area contributed by atoms with E-state index in [1.54, 1.807) is 31.3 Å². The molecule has 1 aromatic heterocycles. The lowest BCUT2D eigenvalue weighted by Gasteiger charge is -2.10. The van der Waals surface area contributed by atoms with Gasteiger partial charge in [-0.2, -0.15) is 0 Å². The first-order valence-corrected chi connectivity index (χ1v) is 6.77. The van der Waals surface area contributed by atoms with Crippen LogP contribution in [-0.2, 0) is 6.61 Å². The van der Waals surface area contributed by atoms with Crippen molar-refractivity contribution in [3.05, 3.63) is 53.5 Å². The van der Waals surface area contributed by atoms with Crippen molar-refractivity contribution in [2.45, 2.75) is 26.9 Å². The molecule has 1 aromatic carbocycles. The molecular formula is C16H19FN2O. The minimum atomic E-state index is -0.300. The van der Waals surface area contributed by atoms with Crippen LogP contribution in [0, 0.1) is 12.7 Å². The number of rotatable bonds is 6. The van der Waals surface area contributed by atoms with E-state index in [1.165, 1.54) is 0 Å². The summed E-state index contributed by atoms with van der Waals surface area (Å²) in [6, 6.07) is 8.93. The molecule has 3 nitrogen and oxygen atoms in total. The van der Waals surface area contributed by atoms with Gasteiger partial charge in [-0.3, -0.25) is 0 Å². The van der Waals surface area contributed by atoms with Crippen LogP contribution in [0.4, 0.5) is 10.2 Å². The Kier molecular flexibility index (Phi) is 4.93. The first-order valence-electron chi connectivity index (χ1n) is 6.77. The summed E-state index contributed by atoms with van der Waals surface area (Å²) in [5.41, 5.74) is 1.54. The van der Waals surface area contributed by atoms with Gasteiger partial charge in [-0.05, 0) is 42.7 Å². The highest BCUT2D eigenvalue weighted by Gasteiger charge is 2.06. The van der Waals surface area contributed by atoms with Crippen LogP contribution in [0.2, 0.25) is 0 Å². The van der Waals surface area contributed by atoms with Gasteiger partial charge in [0, 0.05) is 12.7 Å². The van der Waals surface area contributed by atoms with E-state index in [0.29, 0.717) is 12.2 Å². The summed E-state index contributed by atoms with van der Waals surface area (Å²) in [4.78, 5) is 4.22. The molecule has 0 atom stereocenters. The zero-order valence-corrected chi connectivity index (χ0v) is 11.8. The Morgan fingerprint density at radius 1 is 1.30 bits per heavy atom. The first kappa shape index (κ1) is 14.3. The summed E-state index contributed by atoms with van der Waals surface area (Å²) < 4.78 is 19.3. The van der Waals surface area contributed by atoms with Gasteiger partial charge in [-0.15, -0.1) is 0 Å². The molecule has 0 aliphatic carbocycles. The second kappa shape index (κ2) is 6.89. The molecule has 106 valence electrons. The van der Waals surface area contributed by atoms with Crippen molar-refractivity contribution < 1.29 is 9.13 Å². The van der Waals surface area contributed by atoms with Gasteiger partial charge in [0.25, 0.3) is 0 Å². The van der Waals surface area contributed by atoms with Crippen LogP contribution in [-0.4, -0.2) is 11.5 Å². The van der Waals surface area contributed by atoms with E-state index in [4.69, 9.17) is 4.74 Å². The molecule has 2 rings (SSSR count). The monoisotopic (exact) mass is 274 g/mol. The molecule has 0 radical (unpaired) electrons. The minimum Gasteiger partial charge on any atom is -0.486 e. The van der Waals surface area contributed by atoms with E-state index in [2.05, 4.69) is 17.2 Å². The van der Waals surface area contributed by atoms with Gasteiger partial charge in [-0.1, -0.05) is 19.1 Å². The maximum Gasteiger partial charge on any atom is 0.167 e. The van der Waals surface area contributed by atoms with Crippen LogP contribution in [0.3, 0.4) is 0 Å². The molecule has 0 bridgehead atoms. The summed E-state index contributed by atoms with van der Waals surface area (Å²) in [5.74, 6) is 0.799. The molecule has 0 fully saturated rings. The average Bonchev–Trinajstić information content (AvgIpc) is 2.47. The van der Waals surface area contributed by atoms with Gasteiger partial charge in [0.2, 0.25) is 0 Å². The van der Waals surface area contributed by atoms with Crippen LogP contribution in [0.5, 0.6) is 5.75 Å². The predicted molar refractivity (Wildman–Crippen MR) is 78.5 cm³/mol. The number of anilines is 1. The van der Waals surface area contributed by atoms with Crippen LogP contribution in [0.25, 0.3) is 0 Å². The second-order valence-corrected chi connectivity index (χ2v) is 4.65. The maximum absolute atomic E-state index is 13.8. The largest absolute Gasteiger partial charge is 0.486 e. The molecule has 0 amide bonds. The zero-order chi connectivity index (χ0) is 14.4. The minimum absolute atomic E-state index is 0.282. The smallest absolute Gasteiger partial charge is 0.167 e. The molecule has 4 heteroatoms. The number of ether oxygens (including phenoxy) is 1. The highest BCUT2D eigenvalue weighted by atomic mass is 19.1. The Morgan fingerprint density at radius 3 is 2.95 bits per heavy atom. The summed E-state index contributed by atoms with van der Waals surface area (Å²) in [7, 11) is 0. The summed E-state index contributed by atoms with van der Waals surface area (Å²) >= 11 is 0. The molecule has 0 aliphatic heterocycles. The molecule has 0 unspecified atom stereocenters. The Hall–Kier alpha value is -2.10. The number of pyridine rings is 1. The quantitative estimate of drug-likeness (QED) is 0.866. The van der Waals surface area contributed by atoms with Crippen LogP contribution >= 0.6 is 0 Å². The summed E-state index contributed by atoms with van der Waals surface area (Å²) in [5, 5.41) is 3.21. The van der Waals surface area contributed by atoms with E-state index in [-0.39, 0.29) is 11.6 Å². The SMILES string of the molecule is CCCNc1cc(COc2cccc(C)c2F)ccn1. The average molecular weight is 274 g/mol. The number of nitrogens with zero attached hydrogens (tertiary/aromatic N) is 1. The lowest BCUT2D eigenvalue weighted by atomic mass is 10.2. The van der Waals surface area contributed by atoms with Gasteiger partial charge in [0.15, 0.2) is 11.6 Å². The van der Waals surface area contributed by atoms with Crippen molar-refractivity contribution in [1.82, 2.24) is 4.98 Å². The van der Waals surface area contributed by atoms with E-state index >= 15 is 0 Å². The molecule has 0 saturated carbocycles.